The van der Waals surface area contributed by atoms with Crippen LogP contribution in [0.2, 0.25) is 0 Å². The summed E-state index contributed by atoms with van der Waals surface area (Å²) in [6, 6.07) is 7.66. The molecular formula is C15H14N4O4. The number of rotatable bonds is 6. The molecule has 1 aromatic heterocycles. The second kappa shape index (κ2) is 7.03. The molecule has 8 nitrogen and oxygen atoms in total. The Bertz CT molecular complexity index is 749. The van der Waals surface area contributed by atoms with Crippen LogP contribution in [0.4, 0.5) is 5.69 Å². The molecule has 0 aliphatic rings. The molecule has 8 heteroatoms. The van der Waals surface area contributed by atoms with Crippen LogP contribution in [0.5, 0.6) is 0 Å². The SMILES string of the molecule is C=CC(=O)Nc1ccc(C(=O)NCc2cc(C(N)=O)no2)cc1. The quantitative estimate of drug-likeness (QED) is 0.680. The molecule has 0 saturated carbocycles. The van der Waals surface area contributed by atoms with Gasteiger partial charge in [0.15, 0.2) is 11.5 Å². The van der Waals surface area contributed by atoms with Gasteiger partial charge in [0.1, 0.15) is 0 Å². The Kier molecular flexibility index (Phi) is 4.88. The second-order valence-electron chi connectivity index (χ2n) is 4.50. The number of aromatic nitrogens is 1. The summed E-state index contributed by atoms with van der Waals surface area (Å²) in [7, 11) is 0. The van der Waals surface area contributed by atoms with Crippen molar-refractivity contribution in [1.82, 2.24) is 10.5 Å². The van der Waals surface area contributed by atoms with E-state index in [4.69, 9.17) is 10.3 Å². The fraction of sp³-hybridized carbons (Fsp3) is 0.0667. The van der Waals surface area contributed by atoms with Crippen molar-refractivity contribution < 1.29 is 18.9 Å². The molecule has 0 radical (unpaired) electrons. The van der Waals surface area contributed by atoms with Gasteiger partial charge >= 0.3 is 0 Å². The predicted molar refractivity (Wildman–Crippen MR) is 81.5 cm³/mol. The molecule has 3 amide bonds. The maximum absolute atomic E-state index is 12.0. The van der Waals surface area contributed by atoms with Crippen molar-refractivity contribution in [2.24, 2.45) is 5.73 Å². The van der Waals surface area contributed by atoms with E-state index in [1.165, 1.54) is 6.07 Å². The molecule has 0 fully saturated rings. The van der Waals surface area contributed by atoms with Crippen LogP contribution in [0.15, 0.2) is 47.5 Å². The van der Waals surface area contributed by atoms with E-state index in [2.05, 4.69) is 22.4 Å². The first-order valence-corrected chi connectivity index (χ1v) is 6.56. The maximum Gasteiger partial charge on any atom is 0.270 e. The molecule has 0 unspecified atom stereocenters. The second-order valence-corrected chi connectivity index (χ2v) is 4.50. The van der Waals surface area contributed by atoms with Crippen molar-refractivity contribution in [1.29, 1.82) is 0 Å². The van der Waals surface area contributed by atoms with Gasteiger partial charge in [-0.2, -0.15) is 0 Å². The number of primary amides is 1. The summed E-state index contributed by atoms with van der Waals surface area (Å²) in [6.07, 6.45) is 1.15. The van der Waals surface area contributed by atoms with Gasteiger partial charge in [-0.3, -0.25) is 14.4 Å². The predicted octanol–water partition coefficient (Wildman–Crippen LogP) is 0.828. The molecule has 0 saturated heterocycles. The number of amides is 3. The number of nitrogens with one attached hydrogen (secondary N) is 2. The van der Waals surface area contributed by atoms with Crippen molar-refractivity contribution in [3.63, 3.8) is 0 Å². The van der Waals surface area contributed by atoms with Gasteiger partial charge in [-0.05, 0) is 30.3 Å². The van der Waals surface area contributed by atoms with Crippen LogP contribution in [0.25, 0.3) is 0 Å². The van der Waals surface area contributed by atoms with Crippen molar-refractivity contribution in [3.8, 4) is 0 Å². The minimum Gasteiger partial charge on any atom is -0.364 e. The van der Waals surface area contributed by atoms with E-state index in [9.17, 15) is 14.4 Å². The minimum atomic E-state index is -0.705. The lowest BCUT2D eigenvalue weighted by atomic mass is 10.2. The lowest BCUT2D eigenvalue weighted by Crippen LogP contribution is -2.22. The average molecular weight is 314 g/mol. The molecule has 0 aliphatic carbocycles. The molecule has 2 aromatic rings. The number of hydrogen-bond acceptors (Lipinski definition) is 5. The number of anilines is 1. The fourth-order valence-corrected chi connectivity index (χ4v) is 1.68. The summed E-state index contributed by atoms with van der Waals surface area (Å²) in [4.78, 5) is 34.0. The zero-order valence-corrected chi connectivity index (χ0v) is 12.0. The van der Waals surface area contributed by atoms with Crippen molar-refractivity contribution in [2.75, 3.05) is 5.32 Å². The Balaban J connectivity index is 1.93. The van der Waals surface area contributed by atoms with Gasteiger partial charge in [0.2, 0.25) is 5.91 Å². The van der Waals surface area contributed by atoms with Crippen molar-refractivity contribution >= 4 is 23.4 Å². The normalized spacial score (nSPS) is 9.91. The standard InChI is InChI=1S/C15H14N4O4/c1-2-13(20)18-10-5-3-9(4-6-10)15(22)17-8-11-7-12(14(16)21)19-23-11/h2-7H,1,8H2,(H2,16,21)(H,17,22)(H,18,20). The van der Waals surface area contributed by atoms with Crippen LogP contribution < -0.4 is 16.4 Å². The summed E-state index contributed by atoms with van der Waals surface area (Å²) in [6.45, 7) is 3.41. The summed E-state index contributed by atoms with van der Waals surface area (Å²) < 4.78 is 4.87. The van der Waals surface area contributed by atoms with Crippen LogP contribution in [-0.4, -0.2) is 22.9 Å². The average Bonchev–Trinajstić information content (AvgIpc) is 3.02. The molecule has 23 heavy (non-hydrogen) atoms. The first-order valence-electron chi connectivity index (χ1n) is 6.56. The first-order chi connectivity index (χ1) is 11.0. The molecular weight excluding hydrogens is 300 g/mol. The van der Waals surface area contributed by atoms with Gasteiger partial charge in [-0.25, -0.2) is 0 Å². The molecule has 0 spiro atoms. The van der Waals surface area contributed by atoms with Crippen LogP contribution in [0, 0.1) is 0 Å². The third-order valence-electron chi connectivity index (χ3n) is 2.83. The number of nitrogens with two attached hydrogens (primary N) is 1. The first kappa shape index (κ1) is 16.0. The molecule has 118 valence electrons. The smallest absolute Gasteiger partial charge is 0.270 e. The van der Waals surface area contributed by atoms with E-state index in [1.54, 1.807) is 24.3 Å². The van der Waals surface area contributed by atoms with E-state index in [0.717, 1.165) is 6.08 Å². The summed E-state index contributed by atoms with van der Waals surface area (Å²) in [5, 5.41) is 8.65. The molecule has 0 atom stereocenters. The van der Waals surface area contributed by atoms with Crippen LogP contribution in [0.1, 0.15) is 26.6 Å². The van der Waals surface area contributed by atoms with Gasteiger partial charge in [0.05, 0.1) is 6.54 Å². The Morgan fingerprint density at radius 1 is 1.26 bits per heavy atom. The van der Waals surface area contributed by atoms with E-state index in [0.29, 0.717) is 17.0 Å². The number of benzene rings is 1. The Hall–Kier alpha value is -3.42. The molecule has 4 N–H and O–H groups in total. The van der Waals surface area contributed by atoms with Crippen LogP contribution in [-0.2, 0) is 11.3 Å². The summed E-state index contributed by atoms with van der Waals surface area (Å²) in [5.41, 5.74) is 5.99. The Labute approximate surface area is 131 Å². The Morgan fingerprint density at radius 2 is 1.96 bits per heavy atom. The summed E-state index contributed by atoms with van der Waals surface area (Å²) >= 11 is 0. The summed E-state index contributed by atoms with van der Waals surface area (Å²) in [5.74, 6) is -1.08. The van der Waals surface area contributed by atoms with Gasteiger partial charge < -0.3 is 20.9 Å². The third kappa shape index (κ3) is 4.27. The lowest BCUT2D eigenvalue weighted by Gasteiger charge is -2.05. The van der Waals surface area contributed by atoms with Crippen molar-refractivity contribution in [3.05, 3.63) is 60.0 Å². The van der Waals surface area contributed by atoms with Gasteiger partial charge in [-0.15, -0.1) is 0 Å². The lowest BCUT2D eigenvalue weighted by molar-refractivity contribution is -0.111. The highest BCUT2D eigenvalue weighted by atomic mass is 16.5. The van der Waals surface area contributed by atoms with Crippen molar-refractivity contribution in [2.45, 2.75) is 6.54 Å². The molecule has 1 heterocycles. The number of nitrogens with zero attached hydrogens (tertiary/aromatic N) is 1. The van der Waals surface area contributed by atoms with E-state index >= 15 is 0 Å². The van der Waals surface area contributed by atoms with Gasteiger partial charge in [0, 0.05) is 17.3 Å². The largest absolute Gasteiger partial charge is 0.364 e. The van der Waals surface area contributed by atoms with E-state index in [-0.39, 0.29) is 24.1 Å². The third-order valence-corrected chi connectivity index (χ3v) is 2.83. The fourth-order valence-electron chi connectivity index (χ4n) is 1.68. The van der Waals surface area contributed by atoms with E-state index in [1.807, 2.05) is 0 Å². The monoisotopic (exact) mass is 314 g/mol. The number of hydrogen-bond donors (Lipinski definition) is 3. The minimum absolute atomic E-state index is 0.00318. The van der Waals surface area contributed by atoms with E-state index < -0.39 is 5.91 Å². The molecule has 2 rings (SSSR count). The van der Waals surface area contributed by atoms with Crippen LogP contribution >= 0.6 is 0 Å². The Morgan fingerprint density at radius 3 is 2.52 bits per heavy atom. The zero-order valence-electron chi connectivity index (χ0n) is 12.0. The maximum atomic E-state index is 12.0. The molecule has 1 aromatic carbocycles. The highest BCUT2D eigenvalue weighted by Crippen LogP contribution is 2.10. The van der Waals surface area contributed by atoms with Gasteiger partial charge in [0.25, 0.3) is 11.8 Å². The van der Waals surface area contributed by atoms with Gasteiger partial charge in [-0.1, -0.05) is 11.7 Å². The highest BCUT2D eigenvalue weighted by Gasteiger charge is 2.11. The number of carbonyl (C=O) groups excluding carboxylic acids is 3. The van der Waals surface area contributed by atoms with Crippen LogP contribution in [0.3, 0.4) is 0 Å². The number of carbonyl (C=O) groups is 3. The molecule has 0 bridgehead atoms. The highest BCUT2D eigenvalue weighted by molar-refractivity contribution is 5.99. The zero-order chi connectivity index (χ0) is 16.8. The topological polar surface area (TPSA) is 127 Å². The molecule has 0 aliphatic heterocycles.